The van der Waals surface area contributed by atoms with Crippen molar-refractivity contribution in [2.45, 2.75) is 19.1 Å². The van der Waals surface area contributed by atoms with Gasteiger partial charge in [0.05, 0.1) is 22.6 Å². The summed E-state index contributed by atoms with van der Waals surface area (Å²) in [6.07, 6.45) is -4.47. The number of rotatable bonds is 6. The summed E-state index contributed by atoms with van der Waals surface area (Å²) in [5.41, 5.74) is 0.176. The van der Waals surface area contributed by atoms with E-state index < -0.39 is 29.7 Å². The molecule has 0 bridgehead atoms. The summed E-state index contributed by atoms with van der Waals surface area (Å²) in [5.74, 6) is -1.31. The zero-order valence-electron chi connectivity index (χ0n) is 17.6. The van der Waals surface area contributed by atoms with Gasteiger partial charge in [0.25, 0.3) is 5.91 Å². The number of halogens is 3. The van der Waals surface area contributed by atoms with Crippen LogP contribution in [0.2, 0.25) is 0 Å². The number of fused-ring (bicyclic) bond motifs is 1. The van der Waals surface area contributed by atoms with Crippen LogP contribution in [-0.2, 0) is 6.18 Å². The Morgan fingerprint density at radius 1 is 1.03 bits per heavy atom. The molecule has 4 rings (SSSR count). The molecule has 2 N–H and O–H groups in total. The SMILES string of the molecule is CC(NC(=O)c1noc2cccc(Oc3ccc(C(F)(F)F)cc3)c12)c1ccc(C(=O)O)cc1. The van der Waals surface area contributed by atoms with Crippen LogP contribution in [0.3, 0.4) is 0 Å². The zero-order valence-corrected chi connectivity index (χ0v) is 17.6. The number of hydrogen-bond donors (Lipinski definition) is 2. The number of hydrogen-bond acceptors (Lipinski definition) is 5. The number of alkyl halides is 3. The van der Waals surface area contributed by atoms with Crippen LogP contribution in [-0.4, -0.2) is 22.1 Å². The van der Waals surface area contributed by atoms with Crippen LogP contribution in [0.1, 0.15) is 44.9 Å². The van der Waals surface area contributed by atoms with E-state index >= 15 is 0 Å². The molecule has 0 radical (unpaired) electrons. The number of nitrogens with one attached hydrogen (secondary N) is 1. The van der Waals surface area contributed by atoms with Gasteiger partial charge in [0, 0.05) is 0 Å². The Balaban J connectivity index is 1.57. The first-order valence-electron chi connectivity index (χ1n) is 10.0. The summed E-state index contributed by atoms with van der Waals surface area (Å²) in [5, 5.41) is 15.9. The van der Waals surface area contributed by atoms with Gasteiger partial charge in [-0.25, -0.2) is 4.79 Å². The number of nitrogens with zero attached hydrogens (tertiary/aromatic N) is 1. The molecule has 7 nitrogen and oxygen atoms in total. The van der Waals surface area contributed by atoms with E-state index in [1.165, 1.54) is 24.3 Å². The van der Waals surface area contributed by atoms with Gasteiger partial charge >= 0.3 is 12.1 Å². The molecule has 3 aromatic carbocycles. The van der Waals surface area contributed by atoms with Crippen LogP contribution in [0, 0.1) is 0 Å². The molecule has 4 aromatic rings. The highest BCUT2D eigenvalue weighted by molar-refractivity contribution is 6.06. The van der Waals surface area contributed by atoms with Crippen molar-refractivity contribution >= 4 is 22.8 Å². The topological polar surface area (TPSA) is 102 Å². The van der Waals surface area contributed by atoms with Gasteiger partial charge in [0.1, 0.15) is 11.5 Å². The zero-order chi connectivity index (χ0) is 24.5. The molecule has 0 fully saturated rings. The summed E-state index contributed by atoms with van der Waals surface area (Å²) in [6.45, 7) is 1.72. The fourth-order valence-corrected chi connectivity index (χ4v) is 3.30. The van der Waals surface area contributed by atoms with Crippen molar-refractivity contribution in [1.29, 1.82) is 0 Å². The standard InChI is InChI=1S/C24H17F3N2O5/c1-13(14-5-7-15(8-6-14)23(31)32)28-22(30)21-20-18(3-2-4-19(20)34-29-21)33-17-11-9-16(10-12-17)24(25,26)27/h2-13H,1H3,(H,28,30)(H,31,32). The van der Waals surface area contributed by atoms with Gasteiger partial charge in [-0.1, -0.05) is 23.4 Å². The molecule has 34 heavy (non-hydrogen) atoms. The predicted octanol–water partition coefficient (Wildman–Crippen LogP) is 5.83. The summed E-state index contributed by atoms with van der Waals surface area (Å²) in [7, 11) is 0. The lowest BCUT2D eigenvalue weighted by Crippen LogP contribution is -2.27. The third-order valence-corrected chi connectivity index (χ3v) is 5.09. The number of amides is 1. The van der Waals surface area contributed by atoms with E-state index in [2.05, 4.69) is 10.5 Å². The van der Waals surface area contributed by atoms with E-state index in [-0.39, 0.29) is 33.7 Å². The average Bonchev–Trinajstić information content (AvgIpc) is 3.24. The molecular weight excluding hydrogens is 453 g/mol. The Morgan fingerprint density at radius 3 is 2.32 bits per heavy atom. The van der Waals surface area contributed by atoms with Crippen LogP contribution in [0.15, 0.2) is 71.3 Å². The molecular formula is C24H17F3N2O5. The lowest BCUT2D eigenvalue weighted by atomic mass is 10.1. The average molecular weight is 470 g/mol. The highest BCUT2D eigenvalue weighted by Crippen LogP contribution is 2.35. The Bertz CT molecular complexity index is 1350. The minimum Gasteiger partial charge on any atom is -0.478 e. The van der Waals surface area contributed by atoms with Gasteiger partial charge in [-0.15, -0.1) is 0 Å². The molecule has 0 aliphatic rings. The van der Waals surface area contributed by atoms with Crippen LogP contribution >= 0.6 is 0 Å². The van der Waals surface area contributed by atoms with E-state index in [9.17, 15) is 22.8 Å². The minimum atomic E-state index is -4.47. The molecule has 1 amide bonds. The second-order valence-electron chi connectivity index (χ2n) is 7.41. The van der Waals surface area contributed by atoms with Crippen molar-refractivity contribution in [1.82, 2.24) is 10.5 Å². The van der Waals surface area contributed by atoms with Crippen LogP contribution < -0.4 is 10.1 Å². The monoisotopic (exact) mass is 470 g/mol. The van der Waals surface area contributed by atoms with Gasteiger partial charge in [-0.3, -0.25) is 4.79 Å². The number of carboxylic acid groups (broad SMARTS) is 1. The molecule has 1 atom stereocenters. The second kappa shape index (κ2) is 8.89. The molecule has 0 spiro atoms. The molecule has 0 saturated carbocycles. The molecule has 0 aliphatic carbocycles. The lowest BCUT2D eigenvalue weighted by Gasteiger charge is -2.14. The first-order valence-corrected chi connectivity index (χ1v) is 10.0. The van der Waals surface area contributed by atoms with E-state index in [0.29, 0.717) is 5.56 Å². The Labute approximate surface area is 190 Å². The van der Waals surface area contributed by atoms with Gasteiger partial charge < -0.3 is 19.7 Å². The molecule has 174 valence electrons. The highest BCUT2D eigenvalue weighted by Gasteiger charge is 2.30. The van der Waals surface area contributed by atoms with Crippen molar-refractivity contribution in [3.8, 4) is 11.5 Å². The van der Waals surface area contributed by atoms with E-state index in [0.717, 1.165) is 12.1 Å². The maximum absolute atomic E-state index is 12.9. The number of ether oxygens (including phenoxy) is 1. The molecule has 0 saturated heterocycles. The van der Waals surface area contributed by atoms with Crippen LogP contribution in [0.5, 0.6) is 11.5 Å². The van der Waals surface area contributed by atoms with Gasteiger partial charge in [0.15, 0.2) is 11.3 Å². The quantitative estimate of drug-likeness (QED) is 0.368. The van der Waals surface area contributed by atoms with Crippen molar-refractivity contribution < 1.29 is 37.1 Å². The lowest BCUT2D eigenvalue weighted by molar-refractivity contribution is -0.137. The van der Waals surface area contributed by atoms with E-state index in [1.54, 1.807) is 37.3 Å². The first-order chi connectivity index (χ1) is 16.1. The molecule has 1 aromatic heterocycles. The maximum Gasteiger partial charge on any atom is 0.416 e. The van der Waals surface area contributed by atoms with Crippen molar-refractivity contribution in [2.24, 2.45) is 0 Å². The molecule has 10 heteroatoms. The Kier molecular flexibility index (Phi) is 5.97. The van der Waals surface area contributed by atoms with Gasteiger partial charge in [-0.05, 0) is 61.0 Å². The van der Waals surface area contributed by atoms with Crippen molar-refractivity contribution in [2.75, 3.05) is 0 Å². The predicted molar refractivity (Wildman–Crippen MR) is 115 cm³/mol. The smallest absolute Gasteiger partial charge is 0.416 e. The Morgan fingerprint density at radius 2 is 1.71 bits per heavy atom. The number of carboxylic acids is 1. The van der Waals surface area contributed by atoms with Crippen molar-refractivity contribution in [3.05, 3.63) is 89.1 Å². The summed E-state index contributed by atoms with van der Waals surface area (Å²) in [4.78, 5) is 23.9. The van der Waals surface area contributed by atoms with E-state index in [1.807, 2.05) is 0 Å². The summed E-state index contributed by atoms with van der Waals surface area (Å²) in [6, 6.07) is 14.4. The molecule has 1 heterocycles. The number of aromatic nitrogens is 1. The third-order valence-electron chi connectivity index (χ3n) is 5.09. The maximum atomic E-state index is 12.9. The highest BCUT2D eigenvalue weighted by atomic mass is 19.4. The Hall–Kier alpha value is -4.34. The normalized spacial score (nSPS) is 12.4. The number of aromatic carboxylic acids is 1. The largest absolute Gasteiger partial charge is 0.478 e. The molecule has 1 unspecified atom stereocenters. The van der Waals surface area contributed by atoms with Crippen LogP contribution in [0.4, 0.5) is 13.2 Å². The summed E-state index contributed by atoms with van der Waals surface area (Å²) < 4.78 is 49.4. The van der Waals surface area contributed by atoms with Gasteiger partial charge in [-0.2, -0.15) is 13.2 Å². The number of carbonyl (C=O) groups excluding carboxylic acids is 1. The number of carbonyl (C=O) groups is 2. The van der Waals surface area contributed by atoms with Crippen molar-refractivity contribution in [3.63, 3.8) is 0 Å². The van der Waals surface area contributed by atoms with E-state index in [4.69, 9.17) is 14.4 Å². The number of benzene rings is 3. The molecule has 0 aliphatic heterocycles. The first kappa shape index (κ1) is 22.8. The van der Waals surface area contributed by atoms with Crippen LogP contribution in [0.25, 0.3) is 11.0 Å². The third kappa shape index (κ3) is 4.70. The van der Waals surface area contributed by atoms with Gasteiger partial charge in [0.2, 0.25) is 0 Å². The second-order valence-corrected chi connectivity index (χ2v) is 7.41. The fraction of sp³-hybridized carbons (Fsp3) is 0.125. The summed E-state index contributed by atoms with van der Waals surface area (Å²) >= 11 is 0. The fourth-order valence-electron chi connectivity index (χ4n) is 3.30. The minimum absolute atomic E-state index is 0.0634.